The minimum atomic E-state index is -0.194. The van der Waals surface area contributed by atoms with Gasteiger partial charge in [-0.05, 0) is 46.0 Å². The van der Waals surface area contributed by atoms with Gasteiger partial charge in [-0.1, -0.05) is 0 Å². The monoisotopic (exact) mass is 326 g/mol. The lowest BCUT2D eigenvalue weighted by Gasteiger charge is -2.35. The molecule has 132 valence electrons. The van der Waals surface area contributed by atoms with E-state index in [1.165, 1.54) is 0 Å². The number of nitrogens with zero attached hydrogens (tertiary/aromatic N) is 2. The molecule has 6 nitrogen and oxygen atoms in total. The van der Waals surface area contributed by atoms with E-state index in [4.69, 9.17) is 9.47 Å². The molecular weight excluding hydrogens is 296 g/mol. The number of esters is 1. The molecule has 0 aromatic carbocycles. The van der Waals surface area contributed by atoms with Crippen LogP contribution in [0, 0.1) is 5.92 Å². The van der Waals surface area contributed by atoms with Crippen molar-refractivity contribution in [3.05, 3.63) is 0 Å². The average Bonchev–Trinajstić information content (AvgIpc) is 2.81. The van der Waals surface area contributed by atoms with Crippen LogP contribution in [-0.2, 0) is 14.3 Å². The van der Waals surface area contributed by atoms with Gasteiger partial charge in [0.05, 0.1) is 19.1 Å². The molecule has 0 unspecified atom stereocenters. The summed E-state index contributed by atoms with van der Waals surface area (Å²) < 4.78 is 10.2. The van der Waals surface area contributed by atoms with Crippen molar-refractivity contribution in [3.8, 4) is 0 Å². The molecule has 23 heavy (non-hydrogen) atoms. The molecule has 0 N–H and O–H groups in total. The molecule has 1 saturated heterocycles. The van der Waals surface area contributed by atoms with Crippen LogP contribution in [0.1, 0.15) is 46.0 Å². The van der Waals surface area contributed by atoms with E-state index in [1.807, 2.05) is 18.7 Å². The maximum atomic E-state index is 11.8. The molecule has 0 aromatic rings. The van der Waals surface area contributed by atoms with Gasteiger partial charge in [-0.25, -0.2) is 4.79 Å². The molecule has 2 aliphatic rings. The summed E-state index contributed by atoms with van der Waals surface area (Å²) in [5.74, 6) is 0.0458. The lowest BCUT2D eigenvalue weighted by atomic mass is 9.85. The second-order valence-electron chi connectivity index (χ2n) is 6.33. The highest BCUT2D eigenvalue weighted by molar-refractivity contribution is 5.72. The molecular formula is C17H30N2O4. The van der Waals surface area contributed by atoms with Crippen molar-refractivity contribution in [1.29, 1.82) is 0 Å². The van der Waals surface area contributed by atoms with Gasteiger partial charge < -0.3 is 14.4 Å². The van der Waals surface area contributed by atoms with E-state index in [2.05, 4.69) is 4.90 Å². The van der Waals surface area contributed by atoms with Crippen molar-refractivity contribution in [2.75, 3.05) is 39.4 Å². The molecule has 1 aliphatic carbocycles. The summed E-state index contributed by atoms with van der Waals surface area (Å²) >= 11 is 0. The number of carbonyl (C=O) groups excluding carboxylic acids is 2. The van der Waals surface area contributed by atoms with Gasteiger partial charge in [-0.15, -0.1) is 0 Å². The number of hydrogen-bond acceptors (Lipinski definition) is 5. The lowest BCUT2D eigenvalue weighted by molar-refractivity contribution is -0.149. The van der Waals surface area contributed by atoms with Crippen molar-refractivity contribution in [1.82, 2.24) is 9.80 Å². The van der Waals surface area contributed by atoms with Crippen LogP contribution in [0.2, 0.25) is 0 Å². The summed E-state index contributed by atoms with van der Waals surface area (Å²) in [5.41, 5.74) is 0. The first-order chi connectivity index (χ1) is 11.2. The fourth-order valence-corrected chi connectivity index (χ4v) is 3.64. The summed E-state index contributed by atoms with van der Waals surface area (Å²) in [5, 5.41) is 0. The Morgan fingerprint density at radius 2 is 1.61 bits per heavy atom. The van der Waals surface area contributed by atoms with Gasteiger partial charge >= 0.3 is 12.1 Å². The highest BCUT2D eigenvalue weighted by Crippen LogP contribution is 2.29. The molecule has 0 spiro atoms. The van der Waals surface area contributed by atoms with Crippen LogP contribution in [0.15, 0.2) is 0 Å². The number of amides is 1. The predicted molar refractivity (Wildman–Crippen MR) is 87.2 cm³/mol. The Kier molecular flexibility index (Phi) is 7.15. The summed E-state index contributed by atoms with van der Waals surface area (Å²) in [6, 6.07) is 0.530. The summed E-state index contributed by atoms with van der Waals surface area (Å²) in [6.07, 6.45) is 4.71. The highest BCUT2D eigenvalue weighted by atomic mass is 16.6. The molecule has 1 aliphatic heterocycles. The molecule has 6 heteroatoms. The Bertz CT molecular complexity index is 394. The third kappa shape index (κ3) is 5.09. The average molecular weight is 326 g/mol. The minimum Gasteiger partial charge on any atom is -0.466 e. The molecule has 0 atom stereocenters. The topological polar surface area (TPSA) is 59.1 Å². The minimum absolute atomic E-state index is 0.0321. The number of carbonyl (C=O) groups is 2. The molecule has 2 fully saturated rings. The summed E-state index contributed by atoms with van der Waals surface area (Å²) in [4.78, 5) is 28.0. The Balaban J connectivity index is 1.78. The predicted octanol–water partition coefficient (Wildman–Crippen LogP) is 2.27. The quantitative estimate of drug-likeness (QED) is 0.742. The van der Waals surface area contributed by atoms with Crippen LogP contribution >= 0.6 is 0 Å². The molecule has 1 saturated carbocycles. The second kappa shape index (κ2) is 9.11. The zero-order valence-corrected chi connectivity index (χ0v) is 14.5. The standard InChI is InChI=1S/C17H30N2O4/c1-3-22-16(20)14-6-8-15(9-7-14)18-10-5-11-19(13-12-18)17(21)23-4-2/h14-15H,3-13H2,1-2H3. The van der Waals surface area contributed by atoms with E-state index in [1.54, 1.807) is 0 Å². The number of ether oxygens (including phenoxy) is 2. The molecule has 1 heterocycles. The van der Waals surface area contributed by atoms with E-state index in [0.717, 1.165) is 58.3 Å². The first kappa shape index (κ1) is 18.0. The fraction of sp³-hybridized carbons (Fsp3) is 0.882. The zero-order valence-electron chi connectivity index (χ0n) is 14.5. The van der Waals surface area contributed by atoms with Crippen molar-refractivity contribution >= 4 is 12.1 Å². The Hall–Kier alpha value is -1.30. The number of hydrogen-bond donors (Lipinski definition) is 0. The van der Waals surface area contributed by atoms with Crippen LogP contribution in [0.4, 0.5) is 4.79 Å². The largest absolute Gasteiger partial charge is 0.466 e. The van der Waals surface area contributed by atoms with Crippen molar-refractivity contribution < 1.29 is 19.1 Å². The van der Waals surface area contributed by atoms with Crippen molar-refractivity contribution in [3.63, 3.8) is 0 Å². The third-order valence-electron chi connectivity index (χ3n) is 4.89. The third-order valence-corrected chi connectivity index (χ3v) is 4.89. The van der Waals surface area contributed by atoms with E-state index in [0.29, 0.717) is 19.3 Å². The maximum Gasteiger partial charge on any atom is 0.409 e. The molecule has 0 aromatic heterocycles. The van der Waals surface area contributed by atoms with Crippen LogP contribution < -0.4 is 0 Å². The first-order valence-corrected chi connectivity index (χ1v) is 8.98. The second-order valence-corrected chi connectivity index (χ2v) is 6.33. The van der Waals surface area contributed by atoms with Gasteiger partial charge in [-0.2, -0.15) is 0 Å². The van der Waals surface area contributed by atoms with Gasteiger partial charge in [0.25, 0.3) is 0 Å². The van der Waals surface area contributed by atoms with Crippen LogP contribution in [-0.4, -0.2) is 67.3 Å². The Morgan fingerprint density at radius 3 is 2.26 bits per heavy atom. The summed E-state index contributed by atoms with van der Waals surface area (Å²) in [6.45, 7) is 8.01. The van der Waals surface area contributed by atoms with Crippen LogP contribution in [0.3, 0.4) is 0 Å². The highest BCUT2D eigenvalue weighted by Gasteiger charge is 2.31. The fourth-order valence-electron chi connectivity index (χ4n) is 3.64. The van der Waals surface area contributed by atoms with E-state index in [9.17, 15) is 9.59 Å². The molecule has 0 bridgehead atoms. The summed E-state index contributed by atoms with van der Waals surface area (Å²) in [7, 11) is 0. The molecule has 0 radical (unpaired) electrons. The van der Waals surface area contributed by atoms with Crippen LogP contribution in [0.25, 0.3) is 0 Å². The normalized spacial score (nSPS) is 26.4. The van der Waals surface area contributed by atoms with E-state index < -0.39 is 0 Å². The van der Waals surface area contributed by atoms with Gasteiger partial charge in [0.15, 0.2) is 0 Å². The Labute approximate surface area is 139 Å². The van der Waals surface area contributed by atoms with E-state index >= 15 is 0 Å². The lowest BCUT2D eigenvalue weighted by Crippen LogP contribution is -2.42. The van der Waals surface area contributed by atoms with Gasteiger partial charge in [-0.3, -0.25) is 9.69 Å². The zero-order chi connectivity index (χ0) is 16.7. The van der Waals surface area contributed by atoms with Crippen molar-refractivity contribution in [2.24, 2.45) is 5.92 Å². The first-order valence-electron chi connectivity index (χ1n) is 8.98. The molecule has 2 rings (SSSR count). The van der Waals surface area contributed by atoms with Gasteiger partial charge in [0.2, 0.25) is 0 Å². The van der Waals surface area contributed by atoms with E-state index in [-0.39, 0.29) is 18.0 Å². The molecule has 1 amide bonds. The van der Waals surface area contributed by atoms with Gasteiger partial charge in [0, 0.05) is 32.2 Å². The van der Waals surface area contributed by atoms with Crippen LogP contribution in [0.5, 0.6) is 0 Å². The Morgan fingerprint density at radius 1 is 0.913 bits per heavy atom. The smallest absolute Gasteiger partial charge is 0.409 e. The number of rotatable bonds is 4. The van der Waals surface area contributed by atoms with Crippen molar-refractivity contribution in [2.45, 2.75) is 52.0 Å². The maximum absolute atomic E-state index is 11.8. The van der Waals surface area contributed by atoms with Gasteiger partial charge in [0.1, 0.15) is 0 Å². The SMILES string of the molecule is CCOC(=O)C1CCC(N2CCCN(C(=O)OCC)CC2)CC1.